The van der Waals surface area contributed by atoms with Gasteiger partial charge in [-0.2, -0.15) is 0 Å². The van der Waals surface area contributed by atoms with Gasteiger partial charge in [-0.15, -0.1) is 0 Å². The summed E-state index contributed by atoms with van der Waals surface area (Å²) in [6.45, 7) is 2.54. The summed E-state index contributed by atoms with van der Waals surface area (Å²) in [6, 6.07) is 22.7. The molecule has 0 atom stereocenters. The van der Waals surface area contributed by atoms with Crippen molar-refractivity contribution in [1.82, 2.24) is 10.2 Å². The number of nitrogens with one attached hydrogen (secondary N) is 2. The van der Waals surface area contributed by atoms with E-state index in [0.717, 1.165) is 24.8 Å². The molecule has 40 heavy (non-hydrogen) atoms. The lowest BCUT2D eigenvalue weighted by Gasteiger charge is -2.30. The summed E-state index contributed by atoms with van der Waals surface area (Å²) in [4.78, 5) is 57.5. The first-order valence-corrected chi connectivity index (χ1v) is 13.5. The van der Waals surface area contributed by atoms with Crippen LogP contribution >= 0.6 is 0 Å². The lowest BCUT2D eigenvalue weighted by molar-refractivity contribution is -0.121. The Hall–Kier alpha value is -4.66. The number of piperidine rings is 1. The van der Waals surface area contributed by atoms with Gasteiger partial charge in [-0.1, -0.05) is 42.5 Å². The molecule has 1 saturated heterocycles. The third-order valence-corrected chi connectivity index (χ3v) is 6.86. The van der Waals surface area contributed by atoms with Crippen LogP contribution in [0.4, 0.5) is 21.9 Å². The molecule has 1 heterocycles. The topological polar surface area (TPSA) is 102 Å². The standard InChI is InChI=1S/C31H35N5O4/c1-23-12-11-13-24(20-23)33-31(40)32-21-28(37)36(22-29(38)34(2)25-14-5-3-6-15-25)27-17-8-7-16-26(27)30(39)35-18-9-4-10-19-35/h3,5-8,11-17,20H,4,9-10,18-19,21-22H2,1-2H3,(H2,32,33,40). The van der Waals surface area contributed by atoms with Crippen LogP contribution < -0.4 is 20.4 Å². The van der Waals surface area contributed by atoms with E-state index in [1.54, 1.807) is 54.4 Å². The van der Waals surface area contributed by atoms with Crippen molar-refractivity contribution in [3.05, 3.63) is 90.0 Å². The monoisotopic (exact) mass is 541 g/mol. The van der Waals surface area contributed by atoms with Gasteiger partial charge in [-0.05, 0) is 68.1 Å². The molecule has 1 aliphatic heterocycles. The number of benzene rings is 3. The largest absolute Gasteiger partial charge is 0.339 e. The summed E-state index contributed by atoms with van der Waals surface area (Å²) in [6.07, 6.45) is 2.93. The molecule has 5 amide bonds. The van der Waals surface area contributed by atoms with Gasteiger partial charge in [0.05, 0.1) is 17.8 Å². The van der Waals surface area contributed by atoms with E-state index >= 15 is 0 Å². The van der Waals surface area contributed by atoms with Gasteiger partial charge in [-0.25, -0.2) is 4.79 Å². The highest BCUT2D eigenvalue weighted by molar-refractivity contribution is 6.09. The number of aryl methyl sites for hydroxylation is 1. The molecule has 9 heteroatoms. The van der Waals surface area contributed by atoms with E-state index in [1.807, 2.05) is 43.3 Å². The fourth-order valence-electron chi connectivity index (χ4n) is 4.65. The minimum atomic E-state index is -0.552. The van der Waals surface area contributed by atoms with Crippen LogP contribution in [0.15, 0.2) is 78.9 Å². The number of carbonyl (C=O) groups is 4. The first kappa shape index (κ1) is 28.4. The maximum absolute atomic E-state index is 13.6. The molecule has 0 aliphatic carbocycles. The minimum Gasteiger partial charge on any atom is -0.339 e. The molecule has 0 unspecified atom stereocenters. The molecule has 3 aromatic carbocycles. The second kappa shape index (κ2) is 13.4. The normalized spacial score (nSPS) is 12.8. The highest BCUT2D eigenvalue weighted by Crippen LogP contribution is 2.25. The van der Waals surface area contributed by atoms with Gasteiger partial charge in [0.25, 0.3) is 5.91 Å². The summed E-state index contributed by atoms with van der Waals surface area (Å²) in [5, 5.41) is 5.30. The molecule has 2 N–H and O–H groups in total. The molecule has 0 bridgehead atoms. The minimum absolute atomic E-state index is 0.179. The van der Waals surface area contributed by atoms with E-state index < -0.39 is 11.9 Å². The average Bonchev–Trinajstić information content (AvgIpc) is 2.98. The summed E-state index contributed by atoms with van der Waals surface area (Å²) in [7, 11) is 1.64. The van der Waals surface area contributed by atoms with Gasteiger partial charge >= 0.3 is 6.03 Å². The molecule has 1 fully saturated rings. The number of anilines is 3. The first-order valence-electron chi connectivity index (χ1n) is 13.5. The fourth-order valence-corrected chi connectivity index (χ4v) is 4.65. The van der Waals surface area contributed by atoms with Crippen molar-refractivity contribution in [1.29, 1.82) is 0 Å². The second-order valence-electron chi connectivity index (χ2n) is 9.82. The number of hydrogen-bond donors (Lipinski definition) is 2. The number of rotatable bonds is 8. The van der Waals surface area contributed by atoms with Gasteiger partial charge in [-0.3, -0.25) is 14.4 Å². The maximum Gasteiger partial charge on any atom is 0.319 e. The molecule has 3 aromatic rings. The van der Waals surface area contributed by atoms with Crippen molar-refractivity contribution >= 4 is 40.8 Å². The fraction of sp³-hybridized carbons (Fsp3) is 0.290. The maximum atomic E-state index is 13.6. The predicted octanol–water partition coefficient (Wildman–Crippen LogP) is 4.44. The van der Waals surface area contributed by atoms with Crippen molar-refractivity contribution in [3.8, 4) is 0 Å². The summed E-state index contributed by atoms with van der Waals surface area (Å²) in [5.41, 5.74) is 2.93. The molecule has 208 valence electrons. The van der Waals surface area contributed by atoms with E-state index in [1.165, 1.54) is 9.80 Å². The van der Waals surface area contributed by atoms with E-state index in [9.17, 15) is 19.2 Å². The molecular formula is C31H35N5O4. The molecule has 9 nitrogen and oxygen atoms in total. The highest BCUT2D eigenvalue weighted by Gasteiger charge is 2.28. The zero-order valence-corrected chi connectivity index (χ0v) is 22.9. The van der Waals surface area contributed by atoms with E-state index in [4.69, 9.17) is 0 Å². The lowest BCUT2D eigenvalue weighted by Crippen LogP contribution is -2.47. The number of likely N-dealkylation sites (N-methyl/N-ethyl adjacent to an activating group) is 1. The number of urea groups is 1. The zero-order valence-electron chi connectivity index (χ0n) is 22.9. The van der Waals surface area contributed by atoms with Crippen molar-refractivity contribution in [2.45, 2.75) is 26.2 Å². The Labute approximate surface area is 234 Å². The Morgan fingerprint density at radius 3 is 2.25 bits per heavy atom. The Balaban J connectivity index is 1.56. The molecule has 0 aromatic heterocycles. The van der Waals surface area contributed by atoms with Crippen molar-refractivity contribution in [2.75, 3.05) is 48.3 Å². The lowest BCUT2D eigenvalue weighted by atomic mass is 10.1. The van der Waals surface area contributed by atoms with Crippen LogP contribution in [0.5, 0.6) is 0 Å². The Morgan fingerprint density at radius 2 is 1.52 bits per heavy atom. The Kier molecular flexibility index (Phi) is 9.51. The van der Waals surface area contributed by atoms with Crippen LogP contribution in [0.1, 0.15) is 35.2 Å². The summed E-state index contributed by atoms with van der Waals surface area (Å²) < 4.78 is 0. The van der Waals surface area contributed by atoms with E-state index in [-0.39, 0.29) is 24.9 Å². The Bertz CT molecular complexity index is 1350. The smallest absolute Gasteiger partial charge is 0.319 e. The average molecular weight is 542 g/mol. The molecular weight excluding hydrogens is 506 g/mol. The third-order valence-electron chi connectivity index (χ3n) is 6.86. The quantitative estimate of drug-likeness (QED) is 0.440. The molecule has 4 rings (SSSR count). The first-order chi connectivity index (χ1) is 19.3. The van der Waals surface area contributed by atoms with Crippen LogP contribution in [0.3, 0.4) is 0 Å². The van der Waals surface area contributed by atoms with Crippen molar-refractivity contribution in [3.63, 3.8) is 0 Å². The van der Waals surface area contributed by atoms with Crippen LogP contribution in [0, 0.1) is 6.92 Å². The van der Waals surface area contributed by atoms with Crippen LogP contribution in [0.25, 0.3) is 0 Å². The van der Waals surface area contributed by atoms with Gasteiger partial charge in [0.2, 0.25) is 11.8 Å². The van der Waals surface area contributed by atoms with Crippen LogP contribution in [-0.4, -0.2) is 61.9 Å². The number of amides is 5. The summed E-state index contributed by atoms with van der Waals surface area (Å²) in [5.74, 6) is -1.04. The SMILES string of the molecule is Cc1cccc(NC(=O)NCC(=O)N(CC(=O)N(C)c2ccccc2)c2ccccc2C(=O)N2CCCCC2)c1. The number of nitrogens with zero attached hydrogens (tertiary/aromatic N) is 3. The summed E-state index contributed by atoms with van der Waals surface area (Å²) >= 11 is 0. The van der Waals surface area contributed by atoms with Gasteiger partial charge in [0.1, 0.15) is 6.54 Å². The number of likely N-dealkylation sites (tertiary alicyclic amines) is 1. The highest BCUT2D eigenvalue weighted by atomic mass is 16.2. The van der Waals surface area contributed by atoms with Crippen molar-refractivity contribution in [2.24, 2.45) is 0 Å². The van der Waals surface area contributed by atoms with Gasteiger partial charge in [0.15, 0.2) is 0 Å². The second-order valence-corrected chi connectivity index (χ2v) is 9.82. The molecule has 0 spiro atoms. The van der Waals surface area contributed by atoms with E-state index in [0.29, 0.717) is 35.7 Å². The number of carbonyl (C=O) groups excluding carboxylic acids is 4. The van der Waals surface area contributed by atoms with Crippen molar-refractivity contribution < 1.29 is 19.2 Å². The van der Waals surface area contributed by atoms with Gasteiger partial charge < -0.3 is 25.3 Å². The molecule has 1 aliphatic rings. The molecule has 0 saturated carbocycles. The third kappa shape index (κ3) is 7.25. The van der Waals surface area contributed by atoms with Gasteiger partial charge in [0, 0.05) is 31.5 Å². The number of para-hydroxylation sites is 2. The Morgan fingerprint density at radius 1 is 0.825 bits per heavy atom. The number of hydrogen-bond acceptors (Lipinski definition) is 4. The molecule has 0 radical (unpaired) electrons. The van der Waals surface area contributed by atoms with Crippen LogP contribution in [-0.2, 0) is 9.59 Å². The zero-order chi connectivity index (χ0) is 28.5. The van der Waals surface area contributed by atoms with Crippen LogP contribution in [0.2, 0.25) is 0 Å². The predicted molar refractivity (Wildman–Crippen MR) is 157 cm³/mol. The van der Waals surface area contributed by atoms with E-state index in [2.05, 4.69) is 10.6 Å².